The van der Waals surface area contributed by atoms with Crippen LogP contribution in [0.4, 0.5) is 0 Å². The summed E-state index contributed by atoms with van der Waals surface area (Å²) in [6.45, 7) is 0. The third-order valence-corrected chi connectivity index (χ3v) is 5.64. The molecule has 2 rings (SSSR count). The molecule has 0 saturated heterocycles. The molecule has 138 valence electrons. The number of aliphatic hydroxyl groups excluding tert-OH is 2. The van der Waals surface area contributed by atoms with Crippen LogP contribution >= 0.6 is 0 Å². The van der Waals surface area contributed by atoms with E-state index in [1.807, 2.05) is 0 Å². The van der Waals surface area contributed by atoms with Crippen LogP contribution in [-0.4, -0.2) is 71.0 Å². The molecule has 2 fully saturated rings. The monoisotopic (exact) mass is 346 g/mol. The summed E-state index contributed by atoms with van der Waals surface area (Å²) in [5.74, 6) is -4.45. The standard InChI is InChI=1S/C16H26O8/c1-23-11-5-7(15(19)20)3-9(13(11)17)10-4-8(16(21)22)6-12(24-2)14(10)18/h7-14,17-18H,3-6H2,1-2H3,(H,19,20)(H,21,22). The van der Waals surface area contributed by atoms with Gasteiger partial charge in [-0.15, -0.1) is 0 Å². The zero-order chi connectivity index (χ0) is 18.0. The zero-order valence-corrected chi connectivity index (χ0v) is 13.9. The molecule has 8 atom stereocenters. The second-order valence-electron chi connectivity index (χ2n) is 6.87. The van der Waals surface area contributed by atoms with Crippen molar-refractivity contribution in [3.63, 3.8) is 0 Å². The molecule has 0 radical (unpaired) electrons. The highest BCUT2D eigenvalue weighted by atomic mass is 16.5. The molecule has 0 aromatic heterocycles. The topological polar surface area (TPSA) is 134 Å². The second-order valence-corrected chi connectivity index (χ2v) is 6.87. The Labute approximate surface area is 140 Å². The summed E-state index contributed by atoms with van der Waals surface area (Å²) < 4.78 is 10.5. The highest BCUT2D eigenvalue weighted by Gasteiger charge is 2.49. The van der Waals surface area contributed by atoms with Gasteiger partial charge in [0, 0.05) is 14.2 Å². The SMILES string of the molecule is COC1CC(C(=O)O)CC(C2CC(C(=O)O)CC(OC)C2O)C1O. The summed E-state index contributed by atoms with van der Waals surface area (Å²) in [5, 5.41) is 39.8. The Morgan fingerprint density at radius 3 is 1.33 bits per heavy atom. The van der Waals surface area contributed by atoms with E-state index in [4.69, 9.17) is 9.47 Å². The molecule has 2 aliphatic rings. The maximum absolute atomic E-state index is 11.4. The maximum atomic E-state index is 11.4. The lowest BCUT2D eigenvalue weighted by molar-refractivity contribution is -0.170. The van der Waals surface area contributed by atoms with Gasteiger partial charge in [-0.3, -0.25) is 9.59 Å². The van der Waals surface area contributed by atoms with Gasteiger partial charge in [0.2, 0.25) is 0 Å². The Morgan fingerprint density at radius 2 is 1.08 bits per heavy atom. The molecule has 0 spiro atoms. The van der Waals surface area contributed by atoms with Crippen LogP contribution in [-0.2, 0) is 19.1 Å². The molecule has 2 saturated carbocycles. The molecule has 0 aliphatic heterocycles. The van der Waals surface area contributed by atoms with E-state index in [-0.39, 0.29) is 25.7 Å². The lowest BCUT2D eigenvalue weighted by atomic mass is 9.64. The minimum absolute atomic E-state index is 0.181. The molecule has 8 heteroatoms. The van der Waals surface area contributed by atoms with E-state index in [9.17, 15) is 30.0 Å². The van der Waals surface area contributed by atoms with Crippen molar-refractivity contribution in [3.8, 4) is 0 Å². The third kappa shape index (κ3) is 3.72. The molecular formula is C16H26O8. The third-order valence-electron chi connectivity index (χ3n) is 5.64. The summed E-state index contributed by atoms with van der Waals surface area (Å²) in [6, 6.07) is 0. The molecule has 0 aromatic carbocycles. The first-order valence-electron chi connectivity index (χ1n) is 8.17. The van der Waals surface area contributed by atoms with E-state index in [0.29, 0.717) is 0 Å². The fraction of sp³-hybridized carbons (Fsp3) is 0.875. The van der Waals surface area contributed by atoms with E-state index >= 15 is 0 Å². The van der Waals surface area contributed by atoms with Crippen LogP contribution in [0.2, 0.25) is 0 Å². The Bertz CT molecular complexity index is 425. The van der Waals surface area contributed by atoms with Crippen molar-refractivity contribution in [2.24, 2.45) is 23.7 Å². The van der Waals surface area contributed by atoms with E-state index in [1.54, 1.807) is 0 Å². The normalized spacial score (nSPS) is 43.3. The number of methoxy groups -OCH3 is 2. The summed E-state index contributed by atoms with van der Waals surface area (Å²) in [4.78, 5) is 22.8. The largest absolute Gasteiger partial charge is 0.481 e. The molecule has 4 N–H and O–H groups in total. The first-order valence-corrected chi connectivity index (χ1v) is 8.17. The molecule has 8 unspecified atom stereocenters. The number of carboxylic acid groups (broad SMARTS) is 2. The number of carbonyl (C=O) groups is 2. The smallest absolute Gasteiger partial charge is 0.306 e. The van der Waals surface area contributed by atoms with Crippen LogP contribution < -0.4 is 0 Å². The zero-order valence-electron chi connectivity index (χ0n) is 13.9. The van der Waals surface area contributed by atoms with E-state index in [0.717, 1.165) is 0 Å². The number of hydrogen-bond donors (Lipinski definition) is 4. The quantitative estimate of drug-likeness (QED) is 0.545. The van der Waals surface area contributed by atoms with Crippen molar-refractivity contribution in [3.05, 3.63) is 0 Å². The molecule has 0 aromatic rings. The highest BCUT2D eigenvalue weighted by molar-refractivity contribution is 5.71. The minimum atomic E-state index is -0.975. The summed E-state index contributed by atoms with van der Waals surface area (Å²) in [7, 11) is 2.81. The van der Waals surface area contributed by atoms with Gasteiger partial charge >= 0.3 is 11.9 Å². The van der Waals surface area contributed by atoms with E-state index in [2.05, 4.69) is 0 Å². The predicted molar refractivity (Wildman–Crippen MR) is 81.3 cm³/mol. The van der Waals surface area contributed by atoms with Gasteiger partial charge in [0.1, 0.15) is 0 Å². The maximum Gasteiger partial charge on any atom is 0.306 e. The van der Waals surface area contributed by atoms with Crippen molar-refractivity contribution in [2.75, 3.05) is 14.2 Å². The Morgan fingerprint density at radius 1 is 0.750 bits per heavy atom. The molecule has 24 heavy (non-hydrogen) atoms. The van der Waals surface area contributed by atoms with E-state index in [1.165, 1.54) is 14.2 Å². The van der Waals surface area contributed by atoms with Gasteiger partial charge < -0.3 is 29.9 Å². The summed E-state index contributed by atoms with van der Waals surface area (Å²) in [5.41, 5.74) is 0. The summed E-state index contributed by atoms with van der Waals surface area (Å²) >= 11 is 0. The lowest BCUT2D eigenvalue weighted by Gasteiger charge is -2.46. The summed E-state index contributed by atoms with van der Waals surface area (Å²) in [6.07, 6.45) is -2.44. The van der Waals surface area contributed by atoms with Crippen molar-refractivity contribution in [2.45, 2.75) is 50.1 Å². The second kappa shape index (κ2) is 7.77. The number of aliphatic carboxylic acids is 2. The number of aliphatic hydroxyl groups is 2. The first kappa shape index (κ1) is 19.1. The fourth-order valence-corrected chi connectivity index (χ4v) is 4.25. The Hall–Kier alpha value is -1.22. The average molecular weight is 346 g/mol. The van der Waals surface area contributed by atoms with E-state index < -0.39 is 60.0 Å². The molecule has 2 aliphatic carbocycles. The van der Waals surface area contributed by atoms with Crippen LogP contribution in [0.5, 0.6) is 0 Å². The number of ether oxygens (including phenoxy) is 2. The van der Waals surface area contributed by atoms with Crippen LogP contribution in [0.1, 0.15) is 25.7 Å². The fourth-order valence-electron chi connectivity index (χ4n) is 4.25. The van der Waals surface area contributed by atoms with Crippen molar-refractivity contribution in [1.82, 2.24) is 0 Å². The number of hydrogen-bond acceptors (Lipinski definition) is 6. The van der Waals surface area contributed by atoms with Gasteiger partial charge in [0.05, 0.1) is 36.3 Å². The van der Waals surface area contributed by atoms with Crippen LogP contribution in [0.25, 0.3) is 0 Å². The number of carboxylic acids is 2. The van der Waals surface area contributed by atoms with Gasteiger partial charge in [-0.25, -0.2) is 0 Å². The molecule has 0 amide bonds. The molecule has 0 bridgehead atoms. The van der Waals surface area contributed by atoms with Crippen molar-refractivity contribution < 1.29 is 39.5 Å². The lowest BCUT2D eigenvalue weighted by Crippen LogP contribution is -2.54. The van der Waals surface area contributed by atoms with Gasteiger partial charge in [-0.2, -0.15) is 0 Å². The van der Waals surface area contributed by atoms with Crippen LogP contribution in [0.3, 0.4) is 0 Å². The van der Waals surface area contributed by atoms with Crippen molar-refractivity contribution >= 4 is 11.9 Å². The molecular weight excluding hydrogens is 320 g/mol. The Kier molecular flexibility index (Phi) is 6.19. The van der Waals surface area contributed by atoms with Gasteiger partial charge in [0.15, 0.2) is 0 Å². The molecule has 8 nitrogen and oxygen atoms in total. The van der Waals surface area contributed by atoms with Gasteiger partial charge in [0.25, 0.3) is 0 Å². The van der Waals surface area contributed by atoms with Crippen LogP contribution in [0.15, 0.2) is 0 Å². The average Bonchev–Trinajstić information content (AvgIpc) is 2.55. The highest BCUT2D eigenvalue weighted by Crippen LogP contribution is 2.43. The van der Waals surface area contributed by atoms with Gasteiger partial charge in [-0.05, 0) is 37.5 Å². The predicted octanol–water partition coefficient (Wildman–Crippen LogP) is -0.0402. The molecule has 0 heterocycles. The Balaban J connectivity index is 2.26. The van der Waals surface area contributed by atoms with Crippen molar-refractivity contribution in [1.29, 1.82) is 0 Å². The first-order chi connectivity index (χ1) is 11.3. The van der Waals surface area contributed by atoms with Gasteiger partial charge in [-0.1, -0.05) is 0 Å². The number of rotatable bonds is 5. The minimum Gasteiger partial charge on any atom is -0.481 e. The van der Waals surface area contributed by atoms with Crippen LogP contribution in [0, 0.1) is 23.7 Å².